The molecule has 32 heteroatoms. The number of para-hydroxylation sites is 9. The number of nitrogens with zero attached hydrogens (tertiary/aromatic N) is 23. The van der Waals surface area contributed by atoms with Gasteiger partial charge in [0.25, 0.3) is 0 Å². The standard InChI is InChI=1S/C23H23N5S.C19H22N4O2.C18H21N5.C18H20N4S.C16H16N4S.C16H15N3O2/c1-17(25-14-23-27-21-10-3-4-12-22(21)29-23)20-11-7-9-19(26-20)16-28(2)15-18-8-5-6-13-24-18;1-14(17-12-15(8-9-20-17)24-11-10-23(2)3)21-13-19-22-16-6-4-5-7-18(16)25-19;1-14(15-7-5-6-10-20-15)21-13-18-22-16-8-3-4-9-17(16)23(18)12-11-19-2;1-13(15-9-6-7-14(20-15)12-22(2)3)19-11-18-21-16-8-4-5-10-17(16)23-18;1-11(13-7-4-5-12(9-17)19-13)18-10-16-20-14-6-2-3-8-15(14)21-16;1-11(13-7-4-5-12(10-20)18-13)17-9-16-19-14-6-2-3-8-15(14)21-16/h3-13H,14-16H2,1-2H3;4-9,12H,10-11,13H2,1-3H3;3-10,19H,11-13H2,1-2H3;4-10H,11-12H2,1-3H3;2-8H,9-10,17H2,1H3;2-8,20H,9-10H2,1H3. The van der Waals surface area contributed by atoms with Gasteiger partial charge in [0.1, 0.15) is 57.3 Å². The van der Waals surface area contributed by atoms with E-state index in [2.05, 4.69) is 142 Å². The molecule has 0 bridgehead atoms. The molecule has 29 nitrogen and oxygen atoms in total. The molecule has 0 saturated heterocycles. The van der Waals surface area contributed by atoms with Gasteiger partial charge < -0.3 is 44.1 Å². The number of thiazole rings is 3. The number of fused-ring (bicyclic) bond motifs is 6. The molecule has 0 saturated carbocycles. The number of benzene rings is 6. The lowest BCUT2D eigenvalue weighted by Crippen LogP contribution is -2.19. The van der Waals surface area contributed by atoms with Crippen LogP contribution in [-0.2, 0) is 78.6 Å². The smallest absolute Gasteiger partial charge is 0.217 e. The molecule has 0 atom stereocenters. The lowest BCUT2D eigenvalue weighted by atomic mass is 10.2. The van der Waals surface area contributed by atoms with E-state index in [9.17, 15) is 0 Å². The largest absolute Gasteiger partial charge is 0.492 e. The summed E-state index contributed by atoms with van der Waals surface area (Å²) < 4.78 is 22.9. The number of pyridine rings is 7. The SMILES string of the molecule is CC(=NCc1nc2ccccc2o1)c1cc(OCCN(C)C)ccn1.CC(=NCc1nc2ccccc2o1)c1cccc(CO)n1.CC(=NCc1nc2ccccc2s1)c1cccc(CN(C)C)n1.CC(=NCc1nc2ccccc2s1)c1cccc(CN(C)Cc2ccccn2)n1.CC(=NCc1nc2ccccc2s1)c1cccc(CN)n1.CNCCn1c(CN=C(C)c2ccccn2)nc2ccccc21. The summed E-state index contributed by atoms with van der Waals surface area (Å²) in [6.07, 6.45) is 5.35. The molecule has 724 valence electrons. The van der Waals surface area contributed by atoms with Crippen molar-refractivity contribution in [3.05, 3.63) is 381 Å². The van der Waals surface area contributed by atoms with Crippen molar-refractivity contribution in [2.24, 2.45) is 35.7 Å². The summed E-state index contributed by atoms with van der Waals surface area (Å²) in [6, 6.07) is 87.2. The highest BCUT2D eigenvalue weighted by Gasteiger charge is 2.16. The van der Waals surface area contributed by atoms with Crippen LogP contribution in [-0.4, -0.2) is 185 Å². The Balaban J connectivity index is 0.000000136. The van der Waals surface area contributed by atoms with E-state index >= 15 is 0 Å². The number of aliphatic hydroxyl groups excluding tert-OH is 1. The van der Waals surface area contributed by atoms with E-state index in [4.69, 9.17) is 39.4 Å². The molecule has 13 heterocycles. The number of ether oxygens (including phenoxy) is 1. The van der Waals surface area contributed by atoms with Crippen molar-refractivity contribution in [3.63, 3.8) is 0 Å². The van der Waals surface area contributed by atoms with Crippen LogP contribution in [0.25, 0.3) is 63.9 Å². The number of aliphatic imine (C=N–C) groups is 6. The minimum absolute atomic E-state index is 0.0771. The van der Waals surface area contributed by atoms with Crippen LogP contribution >= 0.6 is 34.0 Å². The average molecular weight is 1950 g/mol. The van der Waals surface area contributed by atoms with E-state index in [1.165, 1.54) is 14.1 Å². The number of likely N-dealkylation sites (N-methyl/N-ethyl adjacent to an activating group) is 2. The molecular formula is C110H117N25O4S3. The molecule has 19 aromatic rings. The molecule has 6 aromatic carbocycles. The summed E-state index contributed by atoms with van der Waals surface area (Å²) in [7, 11) is 12.2. The van der Waals surface area contributed by atoms with E-state index < -0.39 is 0 Å². The van der Waals surface area contributed by atoms with Crippen molar-refractivity contribution in [1.29, 1.82) is 0 Å². The maximum absolute atomic E-state index is 9.10. The molecule has 0 aliphatic carbocycles. The summed E-state index contributed by atoms with van der Waals surface area (Å²) in [5.41, 5.74) is 29.3. The van der Waals surface area contributed by atoms with Gasteiger partial charge in [-0.1, -0.05) is 109 Å². The summed E-state index contributed by atoms with van der Waals surface area (Å²) >= 11 is 5.08. The number of aromatic nitrogens is 14. The van der Waals surface area contributed by atoms with E-state index in [0.29, 0.717) is 69.9 Å². The first-order valence-corrected chi connectivity index (χ1v) is 49.1. The third-order valence-corrected chi connectivity index (χ3v) is 24.9. The second kappa shape index (κ2) is 52.9. The van der Waals surface area contributed by atoms with Crippen molar-refractivity contribution in [3.8, 4) is 5.75 Å². The molecule has 0 unspecified atom stereocenters. The minimum atomic E-state index is -0.0771. The molecule has 13 aromatic heterocycles. The fraction of sp³-hybridized carbons (Fsp3) is 0.245. The first kappa shape index (κ1) is 103. The van der Waals surface area contributed by atoms with Gasteiger partial charge >= 0.3 is 0 Å². The topological polar surface area (TPSA) is 350 Å². The zero-order chi connectivity index (χ0) is 99.3. The van der Waals surface area contributed by atoms with Gasteiger partial charge in [0, 0.05) is 70.5 Å². The van der Waals surface area contributed by atoms with Crippen LogP contribution < -0.4 is 15.8 Å². The molecule has 0 spiro atoms. The Hall–Kier alpha value is -15.0. The normalized spacial score (nSPS) is 12.1. The van der Waals surface area contributed by atoms with Gasteiger partial charge in [-0.25, -0.2) is 34.9 Å². The summed E-state index contributed by atoms with van der Waals surface area (Å²) in [4.78, 5) is 92.8. The molecule has 19 rings (SSSR count). The number of oxazole rings is 2. The van der Waals surface area contributed by atoms with Gasteiger partial charge in [0.2, 0.25) is 11.8 Å². The van der Waals surface area contributed by atoms with Crippen LogP contribution in [0.4, 0.5) is 0 Å². The van der Waals surface area contributed by atoms with Gasteiger partial charge in [-0.15, -0.1) is 34.0 Å². The van der Waals surface area contributed by atoms with Crippen LogP contribution in [0.5, 0.6) is 5.75 Å². The molecule has 4 N–H and O–H groups in total. The Morgan fingerprint density at radius 1 is 0.373 bits per heavy atom. The first-order chi connectivity index (χ1) is 69.2. The Morgan fingerprint density at radius 3 is 1.25 bits per heavy atom. The predicted molar refractivity (Wildman–Crippen MR) is 576 cm³/mol. The molecule has 0 fully saturated rings. The van der Waals surface area contributed by atoms with Crippen LogP contribution in [0.15, 0.2) is 324 Å². The van der Waals surface area contributed by atoms with Crippen LogP contribution in [0.1, 0.15) is 137 Å². The lowest BCUT2D eigenvalue weighted by molar-refractivity contribution is 0.261. The molecule has 0 amide bonds. The summed E-state index contributed by atoms with van der Waals surface area (Å²) in [5, 5.41) is 15.4. The van der Waals surface area contributed by atoms with Crippen LogP contribution in [0, 0.1) is 0 Å². The number of hydrogen-bond acceptors (Lipinski definition) is 31. The van der Waals surface area contributed by atoms with E-state index in [0.717, 1.165) is 207 Å². The Morgan fingerprint density at radius 2 is 0.775 bits per heavy atom. The quantitative estimate of drug-likeness (QED) is 0.0322. The number of hydrogen-bond donors (Lipinski definition) is 3. The molecular weight excluding hydrogens is 1830 g/mol. The predicted octanol–water partition coefficient (Wildman–Crippen LogP) is 20.2. The van der Waals surface area contributed by atoms with Gasteiger partial charge in [0.05, 0.1) is 171 Å². The maximum atomic E-state index is 9.10. The second-order valence-corrected chi connectivity index (χ2v) is 36.8. The molecule has 0 aliphatic rings. The highest BCUT2D eigenvalue weighted by atomic mass is 32.1. The average Bonchev–Trinajstić information content (AvgIpc) is 1.64. The Kier molecular flexibility index (Phi) is 38.3. The van der Waals surface area contributed by atoms with Gasteiger partial charge in [-0.05, 0) is 235 Å². The number of nitrogens with two attached hydrogens (primary N) is 1. The van der Waals surface area contributed by atoms with Crippen molar-refractivity contribution in [2.75, 3.05) is 62.0 Å². The van der Waals surface area contributed by atoms with Crippen molar-refractivity contribution < 1.29 is 18.7 Å². The maximum Gasteiger partial charge on any atom is 0.217 e. The third-order valence-electron chi connectivity index (χ3n) is 21.8. The van der Waals surface area contributed by atoms with Gasteiger partial charge in [-0.2, -0.15) is 0 Å². The summed E-state index contributed by atoms with van der Waals surface area (Å²) in [6.45, 7) is 20.9. The molecule has 0 aliphatic heterocycles. The fourth-order valence-electron chi connectivity index (χ4n) is 14.4. The second-order valence-electron chi connectivity index (χ2n) is 33.5. The van der Waals surface area contributed by atoms with Gasteiger partial charge in [0.15, 0.2) is 11.2 Å². The number of nitrogens with one attached hydrogen (secondary N) is 1. The van der Waals surface area contributed by atoms with Crippen molar-refractivity contribution >= 4 is 132 Å². The fourth-order valence-corrected chi connectivity index (χ4v) is 17.1. The Bertz CT molecular complexity index is 7190. The van der Waals surface area contributed by atoms with E-state index in [-0.39, 0.29) is 6.61 Å². The zero-order valence-corrected chi connectivity index (χ0v) is 84.5. The third kappa shape index (κ3) is 31.0. The minimum Gasteiger partial charge on any atom is -0.492 e. The van der Waals surface area contributed by atoms with Gasteiger partial charge in [-0.3, -0.25) is 64.8 Å². The number of imidazole rings is 1. The first-order valence-electron chi connectivity index (χ1n) is 46.6. The molecule has 142 heavy (non-hydrogen) atoms. The van der Waals surface area contributed by atoms with E-state index in [1.807, 2.05) is 313 Å². The molecule has 0 radical (unpaired) electrons. The highest BCUT2D eigenvalue weighted by molar-refractivity contribution is 7.19. The van der Waals surface area contributed by atoms with E-state index in [1.54, 1.807) is 52.5 Å². The van der Waals surface area contributed by atoms with Crippen molar-refractivity contribution in [1.82, 2.24) is 89.4 Å². The number of rotatable bonds is 33. The highest BCUT2D eigenvalue weighted by Crippen LogP contribution is 2.28. The number of aliphatic hydroxyl groups is 1. The summed E-state index contributed by atoms with van der Waals surface area (Å²) in [5.74, 6) is 2.95. The zero-order valence-electron chi connectivity index (χ0n) is 82.0. The Labute approximate surface area is 839 Å². The van der Waals surface area contributed by atoms with Crippen LogP contribution in [0.3, 0.4) is 0 Å². The lowest BCUT2D eigenvalue weighted by Gasteiger charge is -2.16. The monoisotopic (exact) mass is 1950 g/mol. The van der Waals surface area contributed by atoms with Crippen molar-refractivity contribution in [2.45, 2.75) is 120 Å². The van der Waals surface area contributed by atoms with Crippen LogP contribution in [0.2, 0.25) is 0 Å².